The third-order valence-electron chi connectivity index (χ3n) is 4.76. The Morgan fingerprint density at radius 2 is 1.94 bits per heavy atom. The molecule has 1 aliphatic heterocycles. The highest BCUT2D eigenvalue weighted by atomic mass is 19.1. The lowest BCUT2D eigenvalue weighted by Crippen LogP contribution is -2.42. The number of hydrogen-bond acceptors (Lipinski definition) is 7. The van der Waals surface area contributed by atoms with Crippen LogP contribution in [0.15, 0.2) is 29.1 Å². The van der Waals surface area contributed by atoms with Gasteiger partial charge in [0.1, 0.15) is 5.82 Å². The van der Waals surface area contributed by atoms with E-state index in [0.29, 0.717) is 32.7 Å². The van der Waals surface area contributed by atoms with Gasteiger partial charge in [-0.05, 0) is 24.6 Å². The second-order valence-corrected chi connectivity index (χ2v) is 7.07. The number of halogens is 1. The van der Waals surface area contributed by atoms with Crippen LogP contribution in [0.3, 0.4) is 0 Å². The van der Waals surface area contributed by atoms with Gasteiger partial charge < -0.3 is 20.5 Å². The molecule has 2 aromatic rings. The van der Waals surface area contributed by atoms with E-state index in [1.54, 1.807) is 12.1 Å². The first-order chi connectivity index (χ1) is 15.3. The fourth-order valence-electron chi connectivity index (χ4n) is 2.89. The van der Waals surface area contributed by atoms with Crippen LogP contribution in [0.5, 0.6) is 5.75 Å². The molecular formula is C21H28FN5O5. The van der Waals surface area contributed by atoms with Crippen molar-refractivity contribution < 1.29 is 23.8 Å². The van der Waals surface area contributed by atoms with Crippen LogP contribution in [0.2, 0.25) is 0 Å². The lowest BCUT2D eigenvalue weighted by atomic mass is 10.2. The van der Waals surface area contributed by atoms with Crippen LogP contribution in [0.4, 0.5) is 4.39 Å². The van der Waals surface area contributed by atoms with Crippen LogP contribution in [0.1, 0.15) is 21.9 Å². The summed E-state index contributed by atoms with van der Waals surface area (Å²) in [6.45, 7) is 6.25. The monoisotopic (exact) mass is 449 g/mol. The SMILES string of the molecule is Cc1nc(C(=O)NCCN2CCOCC2)n(C)c(=O)c1O.O=CNCc1ccc(F)cc1. The maximum Gasteiger partial charge on any atom is 0.296 e. The predicted molar refractivity (Wildman–Crippen MR) is 115 cm³/mol. The minimum Gasteiger partial charge on any atom is -0.502 e. The van der Waals surface area contributed by atoms with E-state index in [1.807, 2.05) is 0 Å². The Balaban J connectivity index is 0.000000278. The number of aryl methyl sites for hydroxylation is 1. The standard InChI is InChI=1S/C13H20N4O4.C8H8FNO/c1-9-10(18)13(20)16(2)11(15-9)12(19)14-3-4-17-5-7-21-8-6-17;9-8-3-1-7(2-4-8)5-10-6-11/h18H,3-8H2,1-2H3,(H,14,19);1-4,6H,5H2,(H,10,11). The lowest BCUT2D eigenvalue weighted by molar-refractivity contribution is -0.109. The number of aromatic nitrogens is 2. The highest BCUT2D eigenvalue weighted by Gasteiger charge is 2.17. The third-order valence-corrected chi connectivity index (χ3v) is 4.76. The molecule has 3 N–H and O–H groups in total. The highest BCUT2D eigenvalue weighted by molar-refractivity contribution is 5.90. The fraction of sp³-hybridized carbons (Fsp3) is 0.429. The van der Waals surface area contributed by atoms with Gasteiger partial charge in [0, 0.05) is 39.8 Å². The van der Waals surface area contributed by atoms with Crippen LogP contribution in [-0.2, 0) is 23.1 Å². The Morgan fingerprint density at radius 1 is 1.28 bits per heavy atom. The van der Waals surface area contributed by atoms with E-state index in [-0.39, 0.29) is 17.3 Å². The molecule has 32 heavy (non-hydrogen) atoms. The quantitative estimate of drug-likeness (QED) is 0.505. The first-order valence-electron chi connectivity index (χ1n) is 10.1. The summed E-state index contributed by atoms with van der Waals surface area (Å²) in [6.07, 6.45) is 0.614. The van der Waals surface area contributed by atoms with Gasteiger partial charge in [-0.15, -0.1) is 0 Å². The van der Waals surface area contributed by atoms with E-state index in [1.165, 1.54) is 26.1 Å². The molecule has 0 radical (unpaired) electrons. The van der Waals surface area contributed by atoms with Crippen molar-refractivity contribution in [1.29, 1.82) is 0 Å². The summed E-state index contributed by atoms with van der Waals surface area (Å²) in [4.78, 5) is 39.8. The summed E-state index contributed by atoms with van der Waals surface area (Å²) >= 11 is 0. The van der Waals surface area contributed by atoms with Gasteiger partial charge in [0.15, 0.2) is 0 Å². The molecule has 0 aliphatic carbocycles. The summed E-state index contributed by atoms with van der Waals surface area (Å²) in [5.41, 5.74) is 0.413. The highest BCUT2D eigenvalue weighted by Crippen LogP contribution is 2.07. The van der Waals surface area contributed by atoms with Crippen molar-refractivity contribution in [3.8, 4) is 5.75 Å². The third kappa shape index (κ3) is 7.43. The Morgan fingerprint density at radius 3 is 2.56 bits per heavy atom. The second-order valence-electron chi connectivity index (χ2n) is 7.07. The molecule has 3 rings (SSSR count). The number of rotatable bonds is 7. The molecule has 1 aromatic carbocycles. The van der Waals surface area contributed by atoms with Gasteiger partial charge in [-0.25, -0.2) is 9.37 Å². The minimum atomic E-state index is -0.624. The Kier molecular flexibility index (Phi) is 9.76. The van der Waals surface area contributed by atoms with E-state index in [4.69, 9.17) is 4.74 Å². The number of carbonyl (C=O) groups is 2. The molecule has 0 unspecified atom stereocenters. The van der Waals surface area contributed by atoms with E-state index >= 15 is 0 Å². The molecule has 1 saturated heterocycles. The number of amides is 2. The van der Waals surface area contributed by atoms with Crippen LogP contribution >= 0.6 is 0 Å². The number of hydrogen-bond donors (Lipinski definition) is 3. The molecular weight excluding hydrogens is 421 g/mol. The molecule has 2 amide bonds. The minimum absolute atomic E-state index is 0.00252. The molecule has 1 aliphatic rings. The van der Waals surface area contributed by atoms with Crippen molar-refractivity contribution in [3.63, 3.8) is 0 Å². The molecule has 0 atom stereocenters. The van der Waals surface area contributed by atoms with Crippen molar-refractivity contribution in [2.24, 2.45) is 7.05 Å². The van der Waals surface area contributed by atoms with E-state index in [9.17, 15) is 23.9 Å². The lowest BCUT2D eigenvalue weighted by Gasteiger charge is -2.26. The zero-order chi connectivity index (χ0) is 23.5. The summed E-state index contributed by atoms with van der Waals surface area (Å²) in [5, 5.41) is 14.7. The number of nitrogens with one attached hydrogen (secondary N) is 2. The van der Waals surface area contributed by atoms with Gasteiger partial charge in [-0.1, -0.05) is 12.1 Å². The molecule has 0 spiro atoms. The molecule has 174 valence electrons. The number of nitrogens with zero attached hydrogens (tertiary/aromatic N) is 3. The maximum atomic E-state index is 12.3. The van der Waals surface area contributed by atoms with Crippen LogP contribution in [0, 0.1) is 12.7 Å². The number of aromatic hydroxyl groups is 1. The van der Waals surface area contributed by atoms with Crippen molar-refractivity contribution in [3.05, 3.63) is 57.5 Å². The first kappa shape index (κ1) is 25.0. The molecule has 11 heteroatoms. The molecule has 2 heterocycles. The van der Waals surface area contributed by atoms with E-state index < -0.39 is 17.2 Å². The number of morpholine rings is 1. The van der Waals surface area contributed by atoms with Crippen molar-refractivity contribution in [2.75, 3.05) is 39.4 Å². The van der Waals surface area contributed by atoms with Gasteiger partial charge >= 0.3 is 0 Å². The predicted octanol–water partition coefficient (Wildman–Crippen LogP) is -0.0720. The van der Waals surface area contributed by atoms with Crippen LogP contribution < -0.4 is 16.2 Å². The first-order valence-corrected chi connectivity index (χ1v) is 10.1. The number of benzene rings is 1. The van der Waals surface area contributed by atoms with Gasteiger partial charge in [0.25, 0.3) is 11.5 Å². The zero-order valence-electron chi connectivity index (χ0n) is 18.1. The summed E-state index contributed by atoms with van der Waals surface area (Å²) in [5.74, 6) is -1.12. The van der Waals surface area contributed by atoms with E-state index in [2.05, 4.69) is 20.5 Å². The molecule has 1 fully saturated rings. The number of ether oxygens (including phenoxy) is 1. The fourth-order valence-corrected chi connectivity index (χ4v) is 2.89. The molecule has 0 saturated carbocycles. The smallest absolute Gasteiger partial charge is 0.296 e. The average Bonchev–Trinajstić information content (AvgIpc) is 2.80. The van der Waals surface area contributed by atoms with Crippen molar-refractivity contribution in [2.45, 2.75) is 13.5 Å². The topological polar surface area (TPSA) is 126 Å². The van der Waals surface area contributed by atoms with Crippen LogP contribution in [0.25, 0.3) is 0 Å². The van der Waals surface area contributed by atoms with Gasteiger partial charge in [0.2, 0.25) is 18.0 Å². The van der Waals surface area contributed by atoms with Crippen LogP contribution in [-0.4, -0.2) is 71.3 Å². The Bertz CT molecular complexity index is 958. The molecule has 0 bridgehead atoms. The Labute approximate surface area is 185 Å². The average molecular weight is 449 g/mol. The summed E-state index contributed by atoms with van der Waals surface area (Å²) < 4.78 is 18.6. The maximum absolute atomic E-state index is 12.3. The van der Waals surface area contributed by atoms with E-state index in [0.717, 1.165) is 29.8 Å². The van der Waals surface area contributed by atoms with Gasteiger partial charge in [0.05, 0.1) is 18.9 Å². The summed E-state index contributed by atoms with van der Waals surface area (Å²) in [7, 11) is 1.41. The van der Waals surface area contributed by atoms with Gasteiger partial charge in [-0.3, -0.25) is 23.9 Å². The molecule has 1 aromatic heterocycles. The second kappa shape index (κ2) is 12.5. The molecule has 10 nitrogen and oxygen atoms in total. The van der Waals surface area contributed by atoms with Gasteiger partial charge in [-0.2, -0.15) is 0 Å². The number of carbonyl (C=O) groups excluding carboxylic acids is 2. The van der Waals surface area contributed by atoms with Crippen molar-refractivity contribution >= 4 is 12.3 Å². The Hall–Kier alpha value is -3.31. The van der Waals surface area contributed by atoms with Crippen molar-refractivity contribution in [1.82, 2.24) is 25.1 Å². The zero-order valence-corrected chi connectivity index (χ0v) is 18.1. The summed E-state index contributed by atoms with van der Waals surface area (Å²) in [6, 6.07) is 5.99. The normalized spacial score (nSPS) is 13.6. The largest absolute Gasteiger partial charge is 0.502 e.